The summed E-state index contributed by atoms with van der Waals surface area (Å²) in [5.41, 5.74) is 0. The molecular weight excluding hydrogens is 719 g/mol. The van der Waals surface area contributed by atoms with Crippen molar-refractivity contribution in [3.8, 4) is 0 Å². The van der Waals surface area contributed by atoms with Crippen LogP contribution in [0.2, 0.25) is 0 Å². The number of carboxylic acid groups (broad SMARTS) is 1. The zero-order chi connectivity index (χ0) is 42.1. The fraction of sp³-hybridized carbons (Fsp3) is 0.812. The molecule has 0 aromatic carbocycles. The van der Waals surface area contributed by atoms with Crippen LogP contribution in [0.25, 0.3) is 0 Å². The van der Waals surface area contributed by atoms with Crippen molar-refractivity contribution < 1.29 is 42.9 Å². The molecule has 2 unspecified atom stereocenters. The standard InChI is InChI=1S/C48H87NO8/c1-6-8-10-12-14-16-18-20-21-22-23-24-25-27-29-31-33-35-37-39-46(51)57-44(43-56-48(47(52)53)54-41-40-49(3,4)5)42-55-45(50)38-36-34-32-30-28-26-19-17-15-13-11-9-7-2/h14,16-17,19-21,44,48H,6-13,15,18,22-43H2,1-5H3/p+1/b16-14-,19-17-,21-20-. The Labute approximate surface area is 350 Å². The average molecular weight is 807 g/mol. The molecule has 0 fully saturated rings. The number of aliphatic carboxylic acids is 1. The highest BCUT2D eigenvalue weighted by Gasteiger charge is 2.25. The van der Waals surface area contributed by atoms with Gasteiger partial charge in [-0.1, -0.05) is 147 Å². The Morgan fingerprint density at radius 1 is 0.526 bits per heavy atom. The molecule has 9 heteroatoms. The van der Waals surface area contributed by atoms with Crippen molar-refractivity contribution in [2.75, 3.05) is 47.5 Å². The average Bonchev–Trinajstić information content (AvgIpc) is 3.17. The lowest BCUT2D eigenvalue weighted by Crippen LogP contribution is -2.40. The Balaban J connectivity index is 4.41. The van der Waals surface area contributed by atoms with Crippen molar-refractivity contribution in [3.63, 3.8) is 0 Å². The molecule has 0 bridgehead atoms. The van der Waals surface area contributed by atoms with Gasteiger partial charge in [0.2, 0.25) is 0 Å². The number of hydrogen-bond donors (Lipinski definition) is 1. The molecule has 0 spiro atoms. The van der Waals surface area contributed by atoms with E-state index in [1.807, 2.05) is 21.1 Å². The third-order valence-electron chi connectivity index (χ3n) is 9.87. The third kappa shape index (κ3) is 41.5. The summed E-state index contributed by atoms with van der Waals surface area (Å²) in [7, 11) is 5.95. The highest BCUT2D eigenvalue weighted by molar-refractivity contribution is 5.71. The van der Waals surface area contributed by atoms with Gasteiger partial charge >= 0.3 is 17.9 Å². The number of hydrogen-bond acceptors (Lipinski definition) is 7. The number of likely N-dealkylation sites (N-methyl/N-ethyl adjacent to an activating group) is 1. The van der Waals surface area contributed by atoms with E-state index in [1.165, 1.54) is 89.9 Å². The zero-order valence-electron chi connectivity index (χ0n) is 37.5. The van der Waals surface area contributed by atoms with E-state index in [4.69, 9.17) is 18.9 Å². The maximum Gasteiger partial charge on any atom is 0.361 e. The molecule has 0 radical (unpaired) electrons. The summed E-state index contributed by atoms with van der Waals surface area (Å²) in [6, 6.07) is 0. The van der Waals surface area contributed by atoms with Crippen molar-refractivity contribution >= 4 is 17.9 Å². The minimum Gasteiger partial charge on any atom is -0.477 e. The second kappa shape index (κ2) is 40.3. The third-order valence-corrected chi connectivity index (χ3v) is 9.87. The van der Waals surface area contributed by atoms with Crippen molar-refractivity contribution in [2.45, 2.75) is 206 Å². The molecule has 0 aromatic rings. The largest absolute Gasteiger partial charge is 0.477 e. The molecule has 0 rings (SSSR count). The summed E-state index contributed by atoms with van der Waals surface area (Å²) in [6.45, 7) is 4.82. The minimum absolute atomic E-state index is 0.185. The molecule has 0 aliphatic rings. The van der Waals surface area contributed by atoms with Crippen LogP contribution in [-0.2, 0) is 33.3 Å². The van der Waals surface area contributed by atoms with E-state index >= 15 is 0 Å². The predicted octanol–water partition coefficient (Wildman–Crippen LogP) is 12.2. The number of unbranched alkanes of at least 4 members (excludes halogenated alkanes) is 21. The van der Waals surface area contributed by atoms with Gasteiger partial charge in [-0.3, -0.25) is 9.59 Å². The maximum absolute atomic E-state index is 12.8. The second-order valence-electron chi connectivity index (χ2n) is 16.7. The summed E-state index contributed by atoms with van der Waals surface area (Å²) in [4.78, 5) is 37.1. The first-order chi connectivity index (χ1) is 27.6. The predicted molar refractivity (Wildman–Crippen MR) is 235 cm³/mol. The fourth-order valence-corrected chi connectivity index (χ4v) is 6.21. The summed E-state index contributed by atoms with van der Waals surface area (Å²) < 4.78 is 22.7. The SMILES string of the molecule is CCCCC/C=C\C/C=C\CCCCCCCCCCCC(=O)OC(COC(=O)CCCCCCC/C=C\CCCCCC)COC(OCC[N+](C)(C)C)C(=O)O. The summed E-state index contributed by atoms with van der Waals surface area (Å²) >= 11 is 0. The van der Waals surface area contributed by atoms with Gasteiger partial charge in [0.25, 0.3) is 6.29 Å². The Bertz CT molecular complexity index is 1030. The minimum atomic E-state index is -1.51. The van der Waals surface area contributed by atoms with Crippen LogP contribution in [0.5, 0.6) is 0 Å². The smallest absolute Gasteiger partial charge is 0.361 e. The van der Waals surface area contributed by atoms with Gasteiger partial charge < -0.3 is 28.5 Å². The first-order valence-corrected chi connectivity index (χ1v) is 23.2. The molecule has 0 aliphatic heterocycles. The van der Waals surface area contributed by atoms with Crippen LogP contribution in [0, 0.1) is 0 Å². The summed E-state index contributed by atoms with van der Waals surface area (Å²) in [5, 5.41) is 9.63. The molecule has 57 heavy (non-hydrogen) atoms. The lowest BCUT2D eigenvalue weighted by atomic mass is 10.1. The number of quaternary nitrogens is 1. The maximum atomic E-state index is 12.8. The van der Waals surface area contributed by atoms with E-state index in [1.54, 1.807) is 0 Å². The molecule has 0 heterocycles. The number of ether oxygens (including phenoxy) is 4. The van der Waals surface area contributed by atoms with Crippen LogP contribution >= 0.6 is 0 Å². The molecule has 2 atom stereocenters. The Kier molecular flexibility index (Phi) is 38.5. The molecule has 0 aromatic heterocycles. The topological polar surface area (TPSA) is 108 Å². The van der Waals surface area contributed by atoms with Crippen LogP contribution in [0.15, 0.2) is 36.5 Å². The quantitative estimate of drug-likeness (QED) is 0.0214. The van der Waals surface area contributed by atoms with E-state index in [2.05, 4.69) is 50.3 Å². The molecule has 9 nitrogen and oxygen atoms in total. The molecule has 1 N–H and O–H groups in total. The monoisotopic (exact) mass is 807 g/mol. The van der Waals surface area contributed by atoms with Gasteiger partial charge in [-0.05, 0) is 70.6 Å². The molecule has 0 saturated carbocycles. The first kappa shape index (κ1) is 54.5. The van der Waals surface area contributed by atoms with Crippen molar-refractivity contribution in [1.82, 2.24) is 0 Å². The molecule has 332 valence electrons. The molecule has 0 saturated heterocycles. The number of rotatable bonds is 42. The van der Waals surface area contributed by atoms with Crippen LogP contribution in [0.1, 0.15) is 194 Å². The number of carbonyl (C=O) groups excluding carboxylic acids is 2. The number of esters is 2. The van der Waals surface area contributed by atoms with Gasteiger partial charge in [-0.15, -0.1) is 0 Å². The first-order valence-electron chi connectivity index (χ1n) is 23.2. The van der Waals surface area contributed by atoms with Crippen LogP contribution in [0.4, 0.5) is 0 Å². The normalized spacial score (nSPS) is 13.2. The number of carboxylic acids is 1. The number of nitrogens with zero attached hydrogens (tertiary/aromatic N) is 1. The van der Waals surface area contributed by atoms with Gasteiger partial charge in [0.05, 0.1) is 34.4 Å². The number of allylic oxidation sites excluding steroid dienone is 6. The molecule has 0 aliphatic carbocycles. The van der Waals surface area contributed by atoms with Gasteiger partial charge in [0.15, 0.2) is 6.10 Å². The van der Waals surface area contributed by atoms with Gasteiger partial charge in [-0.2, -0.15) is 0 Å². The number of carbonyl (C=O) groups is 3. The summed E-state index contributed by atoms with van der Waals surface area (Å²) in [5.74, 6) is -2.02. The molecule has 0 amide bonds. The van der Waals surface area contributed by atoms with Crippen LogP contribution < -0.4 is 0 Å². The van der Waals surface area contributed by atoms with Crippen molar-refractivity contribution in [1.29, 1.82) is 0 Å². The van der Waals surface area contributed by atoms with E-state index in [0.717, 1.165) is 70.6 Å². The van der Waals surface area contributed by atoms with Gasteiger partial charge in [0.1, 0.15) is 13.2 Å². The molecular formula is C48H88NO8+. The lowest BCUT2D eigenvalue weighted by Gasteiger charge is -2.25. The highest BCUT2D eigenvalue weighted by atomic mass is 16.7. The van der Waals surface area contributed by atoms with E-state index in [9.17, 15) is 19.5 Å². The van der Waals surface area contributed by atoms with Gasteiger partial charge in [0, 0.05) is 12.8 Å². The second-order valence-corrected chi connectivity index (χ2v) is 16.7. The Morgan fingerprint density at radius 2 is 0.947 bits per heavy atom. The van der Waals surface area contributed by atoms with Gasteiger partial charge in [-0.25, -0.2) is 4.79 Å². The lowest BCUT2D eigenvalue weighted by molar-refractivity contribution is -0.870. The highest BCUT2D eigenvalue weighted by Crippen LogP contribution is 2.14. The zero-order valence-corrected chi connectivity index (χ0v) is 37.5. The summed E-state index contributed by atoms with van der Waals surface area (Å²) in [6.07, 6.45) is 42.0. The van der Waals surface area contributed by atoms with Crippen molar-refractivity contribution in [3.05, 3.63) is 36.5 Å². The van der Waals surface area contributed by atoms with Crippen molar-refractivity contribution in [2.24, 2.45) is 0 Å². The van der Waals surface area contributed by atoms with Crippen LogP contribution in [-0.4, -0.2) is 87.4 Å². The van der Waals surface area contributed by atoms with E-state index < -0.39 is 24.3 Å². The van der Waals surface area contributed by atoms with E-state index in [0.29, 0.717) is 23.9 Å². The Hall–Kier alpha value is -2.49. The Morgan fingerprint density at radius 3 is 1.44 bits per heavy atom. The van der Waals surface area contributed by atoms with Crippen LogP contribution in [0.3, 0.4) is 0 Å². The van der Waals surface area contributed by atoms with E-state index in [-0.39, 0.29) is 32.2 Å². The fourth-order valence-electron chi connectivity index (χ4n) is 6.21.